The predicted molar refractivity (Wildman–Crippen MR) is 66.1 cm³/mol. The molecule has 0 amide bonds. The van der Waals surface area contributed by atoms with Gasteiger partial charge in [-0.25, -0.2) is 0 Å². The Balaban J connectivity index is 3.02. The van der Waals surface area contributed by atoms with Crippen molar-refractivity contribution in [2.24, 2.45) is 5.92 Å². The second-order valence-corrected chi connectivity index (χ2v) is 4.41. The molecule has 0 aliphatic carbocycles. The van der Waals surface area contributed by atoms with Crippen molar-refractivity contribution in [3.63, 3.8) is 0 Å². The summed E-state index contributed by atoms with van der Waals surface area (Å²) in [4.78, 5) is 0. The van der Waals surface area contributed by atoms with Crippen molar-refractivity contribution < 1.29 is 10.2 Å². The zero-order valence-corrected chi connectivity index (χ0v) is 10.4. The lowest BCUT2D eigenvalue weighted by Gasteiger charge is -2.36. The van der Waals surface area contributed by atoms with Gasteiger partial charge < -0.3 is 10.2 Å². The van der Waals surface area contributed by atoms with Crippen LogP contribution in [0.3, 0.4) is 0 Å². The molecule has 2 heteroatoms. The average molecular weight is 222 g/mol. The fourth-order valence-corrected chi connectivity index (χ4v) is 2.19. The van der Waals surface area contributed by atoms with Crippen LogP contribution in [0.15, 0.2) is 30.3 Å². The summed E-state index contributed by atoms with van der Waals surface area (Å²) >= 11 is 0. The summed E-state index contributed by atoms with van der Waals surface area (Å²) in [6.07, 6.45) is 0.802. The number of benzene rings is 1. The van der Waals surface area contributed by atoms with E-state index in [4.69, 9.17) is 0 Å². The molecule has 0 spiro atoms. The number of aliphatic hydroxyl groups excluding tert-OH is 1. The summed E-state index contributed by atoms with van der Waals surface area (Å²) in [5, 5.41) is 20.6. The molecule has 1 aromatic rings. The highest BCUT2D eigenvalue weighted by Gasteiger charge is 2.37. The van der Waals surface area contributed by atoms with Crippen molar-refractivity contribution in [2.75, 3.05) is 0 Å². The number of rotatable bonds is 5. The van der Waals surface area contributed by atoms with Crippen LogP contribution < -0.4 is 0 Å². The van der Waals surface area contributed by atoms with Crippen molar-refractivity contribution in [3.05, 3.63) is 35.9 Å². The molecule has 0 saturated carbocycles. The maximum atomic E-state index is 10.7. The summed E-state index contributed by atoms with van der Waals surface area (Å²) in [5.41, 5.74) is -0.0473. The molecule has 0 aromatic heterocycles. The van der Waals surface area contributed by atoms with Gasteiger partial charge in [-0.1, -0.05) is 51.1 Å². The van der Waals surface area contributed by atoms with Crippen molar-refractivity contribution >= 4 is 0 Å². The lowest BCUT2D eigenvalue weighted by atomic mass is 9.77. The van der Waals surface area contributed by atoms with E-state index < -0.39 is 11.7 Å². The van der Waals surface area contributed by atoms with Gasteiger partial charge in [0.25, 0.3) is 0 Å². The fourth-order valence-electron chi connectivity index (χ4n) is 2.19. The van der Waals surface area contributed by atoms with E-state index in [9.17, 15) is 10.2 Å². The van der Waals surface area contributed by atoms with Gasteiger partial charge in [0.15, 0.2) is 0 Å². The first-order valence-corrected chi connectivity index (χ1v) is 6.02. The SMILES string of the molecule is CC[C@H](O)[C@@H](C)[C@](O)(CC)c1ccccc1. The Kier molecular flexibility index (Phi) is 4.51. The van der Waals surface area contributed by atoms with Gasteiger partial charge in [-0.3, -0.25) is 0 Å². The Morgan fingerprint density at radius 3 is 2.19 bits per heavy atom. The van der Waals surface area contributed by atoms with E-state index in [1.807, 2.05) is 51.1 Å². The van der Waals surface area contributed by atoms with Crippen LogP contribution in [-0.2, 0) is 5.60 Å². The van der Waals surface area contributed by atoms with Crippen LogP contribution in [0, 0.1) is 5.92 Å². The van der Waals surface area contributed by atoms with E-state index in [0.717, 1.165) is 5.56 Å². The molecule has 2 N–H and O–H groups in total. The van der Waals surface area contributed by atoms with Gasteiger partial charge in [0.05, 0.1) is 11.7 Å². The minimum absolute atomic E-state index is 0.162. The van der Waals surface area contributed by atoms with Crippen molar-refractivity contribution in [3.8, 4) is 0 Å². The zero-order valence-electron chi connectivity index (χ0n) is 10.4. The van der Waals surface area contributed by atoms with Crippen LogP contribution >= 0.6 is 0 Å². The number of hydrogen-bond acceptors (Lipinski definition) is 2. The Bertz CT molecular complexity index is 310. The van der Waals surface area contributed by atoms with Gasteiger partial charge in [0.1, 0.15) is 0 Å². The van der Waals surface area contributed by atoms with Crippen molar-refractivity contribution in [1.82, 2.24) is 0 Å². The summed E-state index contributed by atoms with van der Waals surface area (Å²) in [6.45, 7) is 5.79. The molecule has 0 unspecified atom stereocenters. The summed E-state index contributed by atoms with van der Waals surface area (Å²) in [6, 6.07) is 9.60. The Morgan fingerprint density at radius 2 is 1.75 bits per heavy atom. The molecular weight excluding hydrogens is 200 g/mol. The molecule has 0 aliphatic heterocycles. The van der Waals surface area contributed by atoms with Gasteiger partial charge in [0, 0.05) is 5.92 Å². The molecule has 16 heavy (non-hydrogen) atoms. The predicted octanol–water partition coefficient (Wildman–Crippen LogP) is 2.69. The zero-order chi connectivity index (χ0) is 12.2. The maximum absolute atomic E-state index is 10.7. The van der Waals surface area contributed by atoms with Gasteiger partial charge in [-0.05, 0) is 18.4 Å². The third kappa shape index (κ3) is 2.45. The second-order valence-electron chi connectivity index (χ2n) is 4.41. The fraction of sp³-hybridized carbons (Fsp3) is 0.571. The average Bonchev–Trinajstić information content (AvgIpc) is 2.37. The minimum atomic E-state index is -0.934. The summed E-state index contributed by atoms with van der Waals surface area (Å²) in [5.74, 6) is -0.162. The highest BCUT2D eigenvalue weighted by atomic mass is 16.3. The number of aliphatic hydroxyl groups is 2. The molecule has 0 heterocycles. The van der Waals surface area contributed by atoms with Crippen LogP contribution in [0.4, 0.5) is 0 Å². The third-order valence-corrected chi connectivity index (χ3v) is 3.56. The molecule has 3 atom stereocenters. The van der Waals surface area contributed by atoms with E-state index in [1.165, 1.54) is 0 Å². The molecule has 2 nitrogen and oxygen atoms in total. The molecule has 90 valence electrons. The Morgan fingerprint density at radius 1 is 1.19 bits per heavy atom. The first-order chi connectivity index (χ1) is 7.56. The van der Waals surface area contributed by atoms with Crippen molar-refractivity contribution in [1.29, 1.82) is 0 Å². The Hall–Kier alpha value is -0.860. The van der Waals surface area contributed by atoms with Crippen molar-refractivity contribution in [2.45, 2.75) is 45.3 Å². The maximum Gasteiger partial charge on any atom is 0.0943 e. The molecule has 0 aliphatic rings. The van der Waals surface area contributed by atoms with E-state index >= 15 is 0 Å². The lowest BCUT2D eigenvalue weighted by molar-refractivity contribution is -0.0728. The van der Waals surface area contributed by atoms with Gasteiger partial charge in [-0.2, -0.15) is 0 Å². The quantitative estimate of drug-likeness (QED) is 0.804. The third-order valence-electron chi connectivity index (χ3n) is 3.56. The van der Waals surface area contributed by atoms with E-state index in [0.29, 0.717) is 12.8 Å². The minimum Gasteiger partial charge on any atom is -0.393 e. The standard InChI is InChI=1S/C14H22O2/c1-4-13(15)11(3)14(16,5-2)12-9-7-6-8-10-12/h6-11,13,15-16H,4-5H2,1-3H3/t11-,13+,14-/m1/s1. The number of hydrogen-bond donors (Lipinski definition) is 2. The lowest BCUT2D eigenvalue weighted by Crippen LogP contribution is -2.39. The highest BCUT2D eigenvalue weighted by Crippen LogP contribution is 2.35. The first kappa shape index (κ1) is 13.2. The monoisotopic (exact) mass is 222 g/mol. The highest BCUT2D eigenvalue weighted by molar-refractivity contribution is 5.23. The normalized spacial score (nSPS) is 18.8. The molecule has 0 saturated heterocycles. The molecular formula is C14H22O2. The summed E-state index contributed by atoms with van der Waals surface area (Å²) in [7, 11) is 0. The van der Waals surface area contributed by atoms with Crippen LogP contribution in [-0.4, -0.2) is 16.3 Å². The van der Waals surface area contributed by atoms with Gasteiger partial charge in [-0.15, -0.1) is 0 Å². The Labute approximate surface area is 97.9 Å². The largest absolute Gasteiger partial charge is 0.393 e. The van der Waals surface area contributed by atoms with Crippen LogP contribution in [0.2, 0.25) is 0 Å². The molecule has 0 radical (unpaired) electrons. The van der Waals surface area contributed by atoms with E-state index in [1.54, 1.807) is 0 Å². The smallest absolute Gasteiger partial charge is 0.0943 e. The second kappa shape index (κ2) is 5.46. The first-order valence-electron chi connectivity index (χ1n) is 6.02. The molecule has 0 bridgehead atoms. The molecule has 0 fully saturated rings. The van der Waals surface area contributed by atoms with E-state index in [2.05, 4.69) is 0 Å². The van der Waals surface area contributed by atoms with Gasteiger partial charge >= 0.3 is 0 Å². The molecule has 1 rings (SSSR count). The van der Waals surface area contributed by atoms with Gasteiger partial charge in [0.2, 0.25) is 0 Å². The van der Waals surface area contributed by atoms with Crippen LogP contribution in [0.1, 0.15) is 39.2 Å². The molecule has 1 aromatic carbocycles. The van der Waals surface area contributed by atoms with Crippen LogP contribution in [0.25, 0.3) is 0 Å². The topological polar surface area (TPSA) is 40.5 Å². The van der Waals surface area contributed by atoms with E-state index in [-0.39, 0.29) is 5.92 Å². The van der Waals surface area contributed by atoms with Crippen LogP contribution in [0.5, 0.6) is 0 Å². The summed E-state index contributed by atoms with van der Waals surface area (Å²) < 4.78 is 0.